The van der Waals surface area contributed by atoms with Crippen LogP contribution in [0.1, 0.15) is 213 Å². The van der Waals surface area contributed by atoms with E-state index in [2.05, 4.69) is 38.2 Å². The van der Waals surface area contributed by atoms with Crippen LogP contribution < -0.4 is 5.32 Å². The number of carbonyl (C=O) groups excluding carboxylic acids is 2. The van der Waals surface area contributed by atoms with E-state index in [9.17, 15) is 19.8 Å². The van der Waals surface area contributed by atoms with Gasteiger partial charge in [0.2, 0.25) is 5.91 Å². The van der Waals surface area contributed by atoms with Gasteiger partial charge in [-0.15, -0.1) is 0 Å². The van der Waals surface area contributed by atoms with E-state index >= 15 is 0 Å². The Hall–Kier alpha value is -1.40. The van der Waals surface area contributed by atoms with Crippen LogP contribution in [0.3, 0.4) is 0 Å². The van der Waals surface area contributed by atoms with E-state index in [1.54, 1.807) is 0 Å². The molecular formula is C41H79NO5. The molecular weight excluding hydrogens is 586 g/mol. The molecule has 0 heterocycles. The third-order valence-electron chi connectivity index (χ3n) is 9.34. The minimum Gasteiger partial charge on any atom is -0.462 e. The van der Waals surface area contributed by atoms with Gasteiger partial charge in [-0.05, 0) is 51.4 Å². The number of ether oxygens (including phenoxy) is 1. The first-order valence-electron chi connectivity index (χ1n) is 20.4. The van der Waals surface area contributed by atoms with Gasteiger partial charge in [0.1, 0.15) is 6.10 Å². The summed E-state index contributed by atoms with van der Waals surface area (Å²) < 4.78 is 5.85. The van der Waals surface area contributed by atoms with Crippen molar-refractivity contribution in [2.24, 2.45) is 0 Å². The highest BCUT2D eigenvalue weighted by molar-refractivity contribution is 5.77. The van der Waals surface area contributed by atoms with E-state index in [4.69, 9.17) is 4.74 Å². The zero-order chi connectivity index (χ0) is 34.6. The third kappa shape index (κ3) is 31.6. The topological polar surface area (TPSA) is 95.9 Å². The second kappa shape index (κ2) is 35.9. The van der Waals surface area contributed by atoms with Crippen LogP contribution in [-0.2, 0) is 14.3 Å². The Labute approximate surface area is 291 Å². The number of unbranched alkanes of at least 4 members (excludes halogenated alkanes) is 22. The van der Waals surface area contributed by atoms with Crippen molar-refractivity contribution in [3.8, 4) is 0 Å². The number of rotatable bonds is 36. The maximum Gasteiger partial charge on any atom is 0.306 e. The Kier molecular flexibility index (Phi) is 34.8. The van der Waals surface area contributed by atoms with Crippen LogP contribution in [0, 0.1) is 0 Å². The highest BCUT2D eigenvalue weighted by Crippen LogP contribution is 2.17. The summed E-state index contributed by atoms with van der Waals surface area (Å²) >= 11 is 0. The number of hydrogen-bond donors (Lipinski definition) is 3. The Morgan fingerprint density at radius 1 is 0.596 bits per heavy atom. The van der Waals surface area contributed by atoms with E-state index in [0.717, 1.165) is 70.6 Å². The van der Waals surface area contributed by atoms with Gasteiger partial charge in [0.15, 0.2) is 0 Å². The molecule has 0 bridgehead atoms. The third-order valence-corrected chi connectivity index (χ3v) is 9.34. The molecule has 0 saturated heterocycles. The molecule has 0 aromatic carbocycles. The highest BCUT2D eigenvalue weighted by Gasteiger charge is 2.24. The molecule has 6 heteroatoms. The fourth-order valence-electron chi connectivity index (χ4n) is 6.19. The molecule has 0 aromatic heterocycles. The summed E-state index contributed by atoms with van der Waals surface area (Å²) in [7, 11) is 0. The zero-order valence-corrected chi connectivity index (χ0v) is 31.4. The normalized spacial score (nSPS) is 13.6. The maximum absolute atomic E-state index is 13.0. The first-order valence-corrected chi connectivity index (χ1v) is 20.4. The molecule has 3 unspecified atom stereocenters. The summed E-state index contributed by atoms with van der Waals surface area (Å²) in [6.07, 6.45) is 35.6. The van der Waals surface area contributed by atoms with Crippen molar-refractivity contribution in [3.63, 3.8) is 0 Å². The minimum atomic E-state index is -0.781. The number of hydrogen-bond acceptors (Lipinski definition) is 5. The Bertz CT molecular complexity index is 712. The number of aliphatic hydroxyl groups excluding tert-OH is 2. The van der Waals surface area contributed by atoms with Crippen molar-refractivity contribution in [1.82, 2.24) is 5.32 Å². The van der Waals surface area contributed by atoms with Crippen molar-refractivity contribution in [2.75, 3.05) is 6.61 Å². The molecule has 0 spiro atoms. The average Bonchev–Trinajstić information content (AvgIpc) is 3.06. The first kappa shape index (κ1) is 45.6. The van der Waals surface area contributed by atoms with Crippen LogP contribution >= 0.6 is 0 Å². The van der Waals surface area contributed by atoms with Crippen LogP contribution in [0.2, 0.25) is 0 Å². The van der Waals surface area contributed by atoms with Crippen molar-refractivity contribution in [1.29, 1.82) is 0 Å². The fourth-order valence-corrected chi connectivity index (χ4v) is 6.19. The summed E-state index contributed by atoms with van der Waals surface area (Å²) in [5, 5.41) is 23.4. The van der Waals surface area contributed by atoms with Crippen LogP contribution in [-0.4, -0.2) is 46.9 Å². The standard InChI is InChI=1S/C41H79NO5/c1-4-7-10-13-16-19-22-23-26-29-32-37(47-41(46)34-31-28-25-21-18-15-12-9-6-3)35-40(45)42-38(36-43)39(44)33-30-27-24-20-17-14-11-8-5-2/h16,19,37-39,43-44H,4-15,17-18,20-36H2,1-3H3,(H,42,45)/b19-16-. The molecule has 0 aliphatic rings. The maximum atomic E-state index is 13.0. The molecule has 0 aromatic rings. The molecule has 0 aliphatic heterocycles. The molecule has 0 aliphatic carbocycles. The fraction of sp³-hybridized carbons (Fsp3) is 0.902. The predicted octanol–water partition coefficient (Wildman–Crippen LogP) is 11.1. The lowest BCUT2D eigenvalue weighted by molar-refractivity contribution is -0.151. The monoisotopic (exact) mass is 666 g/mol. The first-order chi connectivity index (χ1) is 23.0. The lowest BCUT2D eigenvalue weighted by Crippen LogP contribution is -2.46. The Morgan fingerprint density at radius 2 is 1.02 bits per heavy atom. The van der Waals surface area contributed by atoms with Gasteiger partial charge in [-0.3, -0.25) is 9.59 Å². The summed E-state index contributed by atoms with van der Waals surface area (Å²) in [6, 6.07) is -0.695. The summed E-state index contributed by atoms with van der Waals surface area (Å²) in [5.41, 5.74) is 0. The molecule has 0 radical (unpaired) electrons. The van der Waals surface area contributed by atoms with E-state index in [0.29, 0.717) is 19.3 Å². The largest absolute Gasteiger partial charge is 0.462 e. The van der Waals surface area contributed by atoms with Gasteiger partial charge in [-0.1, -0.05) is 161 Å². The lowest BCUT2D eigenvalue weighted by Gasteiger charge is -2.24. The predicted molar refractivity (Wildman–Crippen MR) is 200 cm³/mol. The molecule has 0 rings (SSSR count). The number of carbonyl (C=O) groups is 2. The van der Waals surface area contributed by atoms with Gasteiger partial charge >= 0.3 is 5.97 Å². The van der Waals surface area contributed by atoms with Crippen molar-refractivity contribution >= 4 is 11.9 Å². The van der Waals surface area contributed by atoms with Crippen LogP contribution in [0.15, 0.2) is 12.2 Å². The number of amides is 1. The number of esters is 1. The number of aliphatic hydroxyl groups is 2. The molecule has 1 amide bonds. The Balaban J connectivity index is 4.61. The number of allylic oxidation sites excluding steroid dienone is 2. The summed E-state index contributed by atoms with van der Waals surface area (Å²) in [5.74, 6) is -0.490. The zero-order valence-electron chi connectivity index (χ0n) is 31.4. The molecule has 6 nitrogen and oxygen atoms in total. The quantitative estimate of drug-likeness (QED) is 0.0352. The van der Waals surface area contributed by atoms with Crippen molar-refractivity contribution in [2.45, 2.75) is 232 Å². The van der Waals surface area contributed by atoms with Gasteiger partial charge in [-0.2, -0.15) is 0 Å². The SMILES string of the molecule is CCCCC/C=C\CCCCCC(CC(=O)NC(CO)C(O)CCCCCCCCCCC)OC(=O)CCCCCCCCCCC. The molecule has 278 valence electrons. The van der Waals surface area contributed by atoms with Crippen LogP contribution in [0.25, 0.3) is 0 Å². The highest BCUT2D eigenvalue weighted by atomic mass is 16.5. The second-order valence-corrected chi connectivity index (χ2v) is 14.0. The molecule has 0 fully saturated rings. The van der Waals surface area contributed by atoms with Crippen LogP contribution in [0.4, 0.5) is 0 Å². The van der Waals surface area contributed by atoms with Gasteiger partial charge < -0.3 is 20.3 Å². The van der Waals surface area contributed by atoms with E-state index in [1.807, 2.05) is 0 Å². The average molecular weight is 666 g/mol. The van der Waals surface area contributed by atoms with Gasteiger partial charge in [0.25, 0.3) is 0 Å². The van der Waals surface area contributed by atoms with Gasteiger partial charge in [0.05, 0.1) is 25.2 Å². The van der Waals surface area contributed by atoms with Gasteiger partial charge in [0, 0.05) is 6.42 Å². The van der Waals surface area contributed by atoms with E-state index in [1.165, 1.54) is 96.3 Å². The molecule has 47 heavy (non-hydrogen) atoms. The van der Waals surface area contributed by atoms with Crippen molar-refractivity contribution in [3.05, 3.63) is 12.2 Å². The molecule has 3 atom stereocenters. The smallest absolute Gasteiger partial charge is 0.306 e. The Morgan fingerprint density at radius 3 is 1.55 bits per heavy atom. The second-order valence-electron chi connectivity index (χ2n) is 14.0. The molecule has 0 saturated carbocycles. The van der Waals surface area contributed by atoms with Gasteiger partial charge in [-0.25, -0.2) is 0 Å². The summed E-state index contributed by atoms with van der Waals surface area (Å²) in [6.45, 7) is 6.39. The van der Waals surface area contributed by atoms with E-state index in [-0.39, 0.29) is 24.9 Å². The number of nitrogens with one attached hydrogen (secondary N) is 1. The lowest BCUT2D eigenvalue weighted by atomic mass is 10.0. The van der Waals surface area contributed by atoms with E-state index < -0.39 is 18.2 Å². The van der Waals surface area contributed by atoms with Crippen LogP contribution in [0.5, 0.6) is 0 Å². The minimum absolute atomic E-state index is 0.0715. The summed E-state index contributed by atoms with van der Waals surface area (Å²) in [4.78, 5) is 25.7. The molecule has 3 N–H and O–H groups in total. The van der Waals surface area contributed by atoms with Crippen molar-refractivity contribution < 1.29 is 24.5 Å².